The molecule has 0 spiro atoms. The Bertz CT molecular complexity index is 1540. The average molecular weight is 568 g/mol. The van der Waals surface area contributed by atoms with Crippen molar-refractivity contribution >= 4 is 22.1 Å². The van der Waals surface area contributed by atoms with E-state index in [0.29, 0.717) is 22.3 Å². The first-order valence-electron chi connectivity index (χ1n) is 12.8. The van der Waals surface area contributed by atoms with Gasteiger partial charge in [-0.2, -0.15) is 8.42 Å². The molecule has 0 radical (unpaired) electrons. The molecule has 40 heavy (non-hydrogen) atoms. The quantitative estimate of drug-likeness (QED) is 0.207. The summed E-state index contributed by atoms with van der Waals surface area (Å²) in [5, 5.41) is 0. The molecule has 0 heterocycles. The zero-order valence-electron chi connectivity index (χ0n) is 24.2. The molecule has 0 saturated heterocycles. The predicted molar refractivity (Wildman–Crippen MR) is 154 cm³/mol. The highest BCUT2D eigenvalue weighted by Crippen LogP contribution is 2.38. The summed E-state index contributed by atoms with van der Waals surface area (Å²) in [5.41, 5.74) is 10.3. The monoisotopic (exact) mass is 567 g/mol. The van der Waals surface area contributed by atoms with Crippen LogP contribution in [0.5, 0.6) is 11.5 Å². The van der Waals surface area contributed by atoms with Gasteiger partial charge in [0.25, 0.3) is 10.1 Å². The molecular formula is C31H37NO7S. The zero-order chi connectivity index (χ0) is 30.0. The topological polar surface area (TPSA) is 122 Å². The van der Waals surface area contributed by atoms with Crippen LogP contribution in [0.25, 0.3) is 0 Å². The summed E-state index contributed by atoms with van der Waals surface area (Å²) in [7, 11) is -3.91. The third-order valence-electron chi connectivity index (χ3n) is 6.51. The molecule has 3 aromatic carbocycles. The highest BCUT2D eigenvalue weighted by Gasteiger charge is 2.34. The standard InChI is InChI=1S/C31H37NO7S/c1-18-9-12-23(20(3)15-18)29(33)37-25-14-11-22(27(39-40(8,35)36)28(32)31(5,6)7)17-26(25)38-30(34)24-13-10-19(2)16-21(24)4/h9-17,27-28H,32H2,1-8H3. The van der Waals surface area contributed by atoms with Crippen LogP contribution in [0.2, 0.25) is 0 Å². The van der Waals surface area contributed by atoms with E-state index in [1.54, 1.807) is 44.2 Å². The summed E-state index contributed by atoms with van der Waals surface area (Å²) in [6.07, 6.45) is -0.158. The van der Waals surface area contributed by atoms with Crippen molar-refractivity contribution in [2.24, 2.45) is 11.1 Å². The fourth-order valence-electron chi connectivity index (χ4n) is 4.23. The Kier molecular flexibility index (Phi) is 9.24. The van der Waals surface area contributed by atoms with E-state index in [0.717, 1.165) is 22.9 Å². The van der Waals surface area contributed by atoms with E-state index in [9.17, 15) is 18.0 Å². The van der Waals surface area contributed by atoms with Crippen LogP contribution >= 0.6 is 0 Å². The van der Waals surface area contributed by atoms with Crippen molar-refractivity contribution in [2.75, 3.05) is 6.26 Å². The van der Waals surface area contributed by atoms with E-state index in [1.165, 1.54) is 12.1 Å². The van der Waals surface area contributed by atoms with Gasteiger partial charge in [-0.05, 0) is 74.1 Å². The van der Waals surface area contributed by atoms with E-state index in [-0.39, 0.29) is 11.5 Å². The fraction of sp³-hybridized carbons (Fsp3) is 0.355. The van der Waals surface area contributed by atoms with Crippen molar-refractivity contribution in [3.8, 4) is 11.5 Å². The molecule has 214 valence electrons. The van der Waals surface area contributed by atoms with Gasteiger partial charge in [-0.3, -0.25) is 4.18 Å². The molecule has 0 aliphatic carbocycles. The Morgan fingerprint density at radius 3 is 1.65 bits per heavy atom. The molecule has 2 N–H and O–H groups in total. The largest absolute Gasteiger partial charge is 0.419 e. The Labute approximate surface area is 236 Å². The molecule has 0 aromatic heterocycles. The van der Waals surface area contributed by atoms with Crippen LogP contribution in [0.15, 0.2) is 54.6 Å². The van der Waals surface area contributed by atoms with E-state index >= 15 is 0 Å². The molecule has 0 aliphatic heterocycles. The Morgan fingerprint density at radius 2 is 1.23 bits per heavy atom. The summed E-state index contributed by atoms with van der Waals surface area (Å²) in [4.78, 5) is 26.3. The summed E-state index contributed by atoms with van der Waals surface area (Å²) in [6.45, 7) is 13.0. The van der Waals surface area contributed by atoms with Crippen molar-refractivity contribution < 1.29 is 31.7 Å². The summed E-state index contributed by atoms with van der Waals surface area (Å²) in [6, 6.07) is 14.3. The summed E-state index contributed by atoms with van der Waals surface area (Å²) in [5.74, 6) is -1.40. The molecule has 9 heteroatoms. The average Bonchev–Trinajstić information content (AvgIpc) is 2.81. The van der Waals surface area contributed by atoms with Gasteiger partial charge in [0.05, 0.1) is 17.4 Å². The minimum atomic E-state index is -3.91. The van der Waals surface area contributed by atoms with Crippen LogP contribution in [0, 0.1) is 33.1 Å². The Hall–Kier alpha value is -3.53. The lowest BCUT2D eigenvalue weighted by Crippen LogP contribution is -2.42. The maximum atomic E-state index is 13.2. The van der Waals surface area contributed by atoms with Gasteiger partial charge in [0.15, 0.2) is 11.5 Å². The summed E-state index contributed by atoms with van der Waals surface area (Å²) >= 11 is 0. The minimum absolute atomic E-state index is 0.0192. The van der Waals surface area contributed by atoms with Gasteiger partial charge >= 0.3 is 11.9 Å². The lowest BCUT2D eigenvalue weighted by molar-refractivity contribution is 0.0680. The van der Waals surface area contributed by atoms with Crippen LogP contribution in [-0.4, -0.2) is 32.7 Å². The van der Waals surface area contributed by atoms with Crippen molar-refractivity contribution in [2.45, 2.75) is 60.6 Å². The molecule has 8 nitrogen and oxygen atoms in total. The number of carbonyl (C=O) groups is 2. The number of benzene rings is 3. The predicted octanol–water partition coefficient (Wildman–Crippen LogP) is 5.75. The number of esters is 2. The number of aryl methyl sites for hydroxylation is 4. The number of ether oxygens (including phenoxy) is 2. The number of rotatable bonds is 8. The molecule has 3 aromatic rings. The van der Waals surface area contributed by atoms with E-state index in [4.69, 9.17) is 19.4 Å². The number of hydrogen-bond donors (Lipinski definition) is 1. The second-order valence-electron chi connectivity index (χ2n) is 11.2. The van der Waals surface area contributed by atoms with Crippen LogP contribution in [0.4, 0.5) is 0 Å². The SMILES string of the molecule is Cc1ccc(C(=O)Oc2ccc(C(OS(C)(=O)=O)C(N)C(C)(C)C)cc2OC(=O)c2ccc(C)cc2C)c(C)c1. The van der Waals surface area contributed by atoms with Gasteiger partial charge in [0.1, 0.15) is 6.10 Å². The third-order valence-corrected chi connectivity index (χ3v) is 7.07. The van der Waals surface area contributed by atoms with Gasteiger partial charge in [-0.25, -0.2) is 9.59 Å². The second-order valence-corrected chi connectivity index (χ2v) is 12.8. The molecule has 0 aliphatic rings. The zero-order valence-corrected chi connectivity index (χ0v) is 25.0. The molecule has 2 unspecified atom stereocenters. The lowest BCUT2D eigenvalue weighted by atomic mass is 9.82. The number of hydrogen-bond acceptors (Lipinski definition) is 8. The van der Waals surface area contributed by atoms with Crippen molar-refractivity contribution in [3.05, 3.63) is 93.5 Å². The van der Waals surface area contributed by atoms with Gasteiger partial charge in [0, 0.05) is 6.04 Å². The first-order valence-corrected chi connectivity index (χ1v) is 14.6. The lowest BCUT2D eigenvalue weighted by Gasteiger charge is -2.33. The van der Waals surface area contributed by atoms with Crippen LogP contribution in [-0.2, 0) is 14.3 Å². The molecule has 0 saturated carbocycles. The van der Waals surface area contributed by atoms with Gasteiger partial charge in [0.2, 0.25) is 0 Å². The Morgan fingerprint density at radius 1 is 0.750 bits per heavy atom. The van der Waals surface area contributed by atoms with Crippen LogP contribution < -0.4 is 15.2 Å². The molecule has 2 atom stereocenters. The minimum Gasteiger partial charge on any atom is -0.419 e. The number of nitrogens with two attached hydrogens (primary N) is 1. The third kappa shape index (κ3) is 7.78. The molecule has 0 amide bonds. The van der Waals surface area contributed by atoms with Crippen molar-refractivity contribution in [3.63, 3.8) is 0 Å². The Balaban J connectivity index is 2.10. The highest BCUT2D eigenvalue weighted by molar-refractivity contribution is 7.86. The first kappa shape index (κ1) is 31.0. The molecular weight excluding hydrogens is 530 g/mol. The molecule has 0 fully saturated rings. The van der Waals surface area contributed by atoms with Gasteiger partial charge in [-0.15, -0.1) is 0 Å². The van der Waals surface area contributed by atoms with Crippen LogP contribution in [0.1, 0.15) is 75.4 Å². The van der Waals surface area contributed by atoms with Gasteiger partial charge in [-0.1, -0.05) is 62.2 Å². The maximum absolute atomic E-state index is 13.2. The van der Waals surface area contributed by atoms with Crippen molar-refractivity contribution in [1.82, 2.24) is 0 Å². The highest BCUT2D eigenvalue weighted by atomic mass is 32.2. The van der Waals surface area contributed by atoms with Crippen molar-refractivity contribution in [1.29, 1.82) is 0 Å². The number of carbonyl (C=O) groups excluding carboxylic acids is 2. The van der Waals surface area contributed by atoms with E-state index in [2.05, 4.69) is 0 Å². The van der Waals surface area contributed by atoms with E-state index in [1.807, 2.05) is 46.8 Å². The second kappa shape index (κ2) is 11.9. The van der Waals surface area contributed by atoms with Gasteiger partial charge < -0.3 is 15.2 Å². The first-order chi connectivity index (χ1) is 18.5. The van der Waals surface area contributed by atoms with E-state index < -0.39 is 39.6 Å². The fourth-order valence-corrected chi connectivity index (χ4v) is 4.83. The molecule has 3 rings (SSSR count). The summed E-state index contributed by atoms with van der Waals surface area (Å²) < 4.78 is 41.2. The maximum Gasteiger partial charge on any atom is 0.343 e. The molecule has 0 bridgehead atoms. The normalized spacial score (nSPS) is 13.4. The smallest absolute Gasteiger partial charge is 0.343 e. The van der Waals surface area contributed by atoms with Crippen LogP contribution in [0.3, 0.4) is 0 Å².